The highest BCUT2D eigenvalue weighted by Crippen LogP contribution is 2.31. The second kappa shape index (κ2) is 5.26. The zero-order valence-corrected chi connectivity index (χ0v) is 12.4. The summed E-state index contributed by atoms with van der Waals surface area (Å²) in [5.74, 6) is 0.0972. The van der Waals surface area contributed by atoms with Gasteiger partial charge in [0.2, 0.25) is 16.0 Å². The molecule has 106 valence electrons. The number of hydrogen-bond acceptors (Lipinski definition) is 5. The molecule has 0 aliphatic carbocycles. The predicted molar refractivity (Wildman–Crippen MR) is 77.4 cm³/mol. The van der Waals surface area contributed by atoms with Crippen molar-refractivity contribution in [3.8, 4) is 16.9 Å². The number of aromatic hydroxyl groups is 1. The Balaban J connectivity index is 2.40. The fourth-order valence-electron chi connectivity index (χ4n) is 1.51. The highest BCUT2D eigenvalue weighted by Gasteiger charge is 2.15. The quantitative estimate of drug-likeness (QED) is 0.935. The van der Waals surface area contributed by atoms with E-state index in [1.165, 1.54) is 25.5 Å². The number of anilines is 1. The Morgan fingerprint density at radius 3 is 2.40 bits per heavy atom. The first-order valence-electron chi connectivity index (χ1n) is 5.54. The summed E-state index contributed by atoms with van der Waals surface area (Å²) in [5, 5.41) is 10.2. The third-order valence-electron chi connectivity index (χ3n) is 2.69. The standard InChI is InChI=1S/C12H12ClN3O3S/c1-16(20(2,18)19)12-14-6-8(7-15-12)10-5-9(13)3-4-11(10)17/h3-7,17H,1-2H3. The molecule has 2 aromatic rings. The molecule has 8 heteroatoms. The fourth-order valence-corrected chi connectivity index (χ4v) is 2.07. The van der Waals surface area contributed by atoms with Crippen LogP contribution in [0.25, 0.3) is 11.1 Å². The monoisotopic (exact) mass is 313 g/mol. The highest BCUT2D eigenvalue weighted by molar-refractivity contribution is 7.92. The van der Waals surface area contributed by atoms with Crippen molar-refractivity contribution in [2.45, 2.75) is 0 Å². The van der Waals surface area contributed by atoms with Gasteiger partial charge in [-0.1, -0.05) is 11.6 Å². The van der Waals surface area contributed by atoms with Gasteiger partial charge in [-0.15, -0.1) is 0 Å². The third-order valence-corrected chi connectivity index (χ3v) is 4.08. The average molecular weight is 314 g/mol. The molecule has 0 amide bonds. The lowest BCUT2D eigenvalue weighted by molar-refractivity contribution is 0.477. The van der Waals surface area contributed by atoms with Gasteiger partial charge in [0, 0.05) is 35.6 Å². The molecule has 2 rings (SSSR count). The zero-order chi connectivity index (χ0) is 14.9. The van der Waals surface area contributed by atoms with Gasteiger partial charge in [-0.25, -0.2) is 22.7 Å². The Kier molecular flexibility index (Phi) is 3.82. The van der Waals surface area contributed by atoms with E-state index in [1.807, 2.05) is 0 Å². The topological polar surface area (TPSA) is 83.4 Å². The van der Waals surface area contributed by atoms with Crippen molar-refractivity contribution in [2.24, 2.45) is 0 Å². The van der Waals surface area contributed by atoms with E-state index < -0.39 is 10.0 Å². The Hall–Kier alpha value is -1.86. The van der Waals surface area contributed by atoms with Gasteiger partial charge < -0.3 is 5.11 Å². The van der Waals surface area contributed by atoms with Gasteiger partial charge in [0.15, 0.2) is 0 Å². The van der Waals surface area contributed by atoms with E-state index in [2.05, 4.69) is 9.97 Å². The van der Waals surface area contributed by atoms with Gasteiger partial charge in [0.1, 0.15) is 5.75 Å². The van der Waals surface area contributed by atoms with Crippen molar-refractivity contribution >= 4 is 27.6 Å². The largest absolute Gasteiger partial charge is 0.507 e. The summed E-state index contributed by atoms with van der Waals surface area (Å²) in [6.45, 7) is 0. The molecule has 20 heavy (non-hydrogen) atoms. The van der Waals surface area contributed by atoms with Crippen molar-refractivity contribution in [1.82, 2.24) is 9.97 Å². The minimum Gasteiger partial charge on any atom is -0.507 e. The number of phenolic OH excluding ortho intramolecular Hbond substituents is 1. The van der Waals surface area contributed by atoms with E-state index in [0.717, 1.165) is 10.6 Å². The van der Waals surface area contributed by atoms with Crippen molar-refractivity contribution in [2.75, 3.05) is 17.6 Å². The molecular weight excluding hydrogens is 302 g/mol. The van der Waals surface area contributed by atoms with Crippen LogP contribution in [-0.4, -0.2) is 36.8 Å². The molecule has 0 aliphatic rings. The number of benzene rings is 1. The van der Waals surface area contributed by atoms with Crippen LogP contribution in [0.15, 0.2) is 30.6 Å². The molecule has 1 N–H and O–H groups in total. The van der Waals surface area contributed by atoms with E-state index in [4.69, 9.17) is 11.6 Å². The molecule has 0 fully saturated rings. The Bertz CT molecular complexity index is 732. The summed E-state index contributed by atoms with van der Waals surface area (Å²) in [4.78, 5) is 7.95. The minimum atomic E-state index is -3.41. The molecule has 0 aliphatic heterocycles. The minimum absolute atomic E-state index is 0.0437. The summed E-state index contributed by atoms with van der Waals surface area (Å²) in [6, 6.07) is 4.61. The highest BCUT2D eigenvalue weighted by atomic mass is 35.5. The molecule has 0 unspecified atom stereocenters. The lowest BCUT2D eigenvalue weighted by Crippen LogP contribution is -2.26. The van der Waals surface area contributed by atoms with Gasteiger partial charge in [-0.05, 0) is 18.2 Å². The molecule has 1 aromatic carbocycles. The van der Waals surface area contributed by atoms with Crippen LogP contribution in [-0.2, 0) is 10.0 Å². The molecule has 0 radical (unpaired) electrons. The smallest absolute Gasteiger partial charge is 0.238 e. The van der Waals surface area contributed by atoms with Crippen LogP contribution in [0.2, 0.25) is 5.02 Å². The molecule has 1 heterocycles. The van der Waals surface area contributed by atoms with Gasteiger partial charge in [-0.2, -0.15) is 0 Å². The van der Waals surface area contributed by atoms with Crippen molar-refractivity contribution in [3.05, 3.63) is 35.6 Å². The van der Waals surface area contributed by atoms with Crippen molar-refractivity contribution < 1.29 is 13.5 Å². The summed E-state index contributed by atoms with van der Waals surface area (Å²) in [6.07, 6.45) is 3.91. The summed E-state index contributed by atoms with van der Waals surface area (Å²) >= 11 is 5.87. The summed E-state index contributed by atoms with van der Waals surface area (Å²) in [5.41, 5.74) is 1.02. The van der Waals surface area contributed by atoms with Gasteiger partial charge >= 0.3 is 0 Å². The number of aromatic nitrogens is 2. The predicted octanol–water partition coefficient (Wildman–Crippen LogP) is 1.90. The first-order chi connectivity index (χ1) is 9.29. The SMILES string of the molecule is CN(c1ncc(-c2cc(Cl)ccc2O)cn1)S(C)(=O)=O. The number of sulfonamides is 1. The number of hydrogen-bond donors (Lipinski definition) is 1. The molecular formula is C12H12ClN3O3S. The van der Waals surface area contributed by atoms with Crippen LogP contribution in [0.5, 0.6) is 5.75 Å². The van der Waals surface area contributed by atoms with Gasteiger partial charge in [-0.3, -0.25) is 0 Å². The van der Waals surface area contributed by atoms with Crippen molar-refractivity contribution in [1.29, 1.82) is 0 Å². The normalized spacial score (nSPS) is 11.3. The van der Waals surface area contributed by atoms with E-state index >= 15 is 0 Å². The molecule has 0 atom stereocenters. The zero-order valence-electron chi connectivity index (χ0n) is 10.8. The Morgan fingerprint density at radius 1 is 1.25 bits per heavy atom. The van der Waals surface area contributed by atoms with Crippen LogP contribution in [0.1, 0.15) is 0 Å². The number of nitrogens with zero attached hydrogens (tertiary/aromatic N) is 3. The second-order valence-electron chi connectivity index (χ2n) is 4.16. The lowest BCUT2D eigenvalue weighted by Gasteiger charge is -2.14. The first kappa shape index (κ1) is 14.5. The molecule has 0 spiro atoms. The van der Waals surface area contributed by atoms with Crippen LogP contribution >= 0.6 is 11.6 Å². The van der Waals surface area contributed by atoms with Crippen molar-refractivity contribution in [3.63, 3.8) is 0 Å². The molecule has 0 saturated carbocycles. The van der Waals surface area contributed by atoms with Crippen LogP contribution < -0.4 is 4.31 Å². The fraction of sp³-hybridized carbons (Fsp3) is 0.167. The molecule has 0 saturated heterocycles. The van der Waals surface area contributed by atoms with Gasteiger partial charge in [0.05, 0.1) is 6.26 Å². The Labute approximate surface area is 121 Å². The summed E-state index contributed by atoms with van der Waals surface area (Å²) in [7, 11) is -2.05. The number of halogens is 1. The lowest BCUT2D eigenvalue weighted by atomic mass is 10.1. The summed E-state index contributed by atoms with van der Waals surface area (Å²) < 4.78 is 23.7. The van der Waals surface area contributed by atoms with Crippen LogP contribution in [0, 0.1) is 0 Å². The van der Waals surface area contributed by atoms with E-state index in [1.54, 1.807) is 12.1 Å². The molecule has 6 nitrogen and oxygen atoms in total. The Morgan fingerprint density at radius 2 is 1.85 bits per heavy atom. The maximum Gasteiger partial charge on any atom is 0.238 e. The third kappa shape index (κ3) is 3.00. The van der Waals surface area contributed by atoms with Crippen LogP contribution in [0.4, 0.5) is 5.95 Å². The van der Waals surface area contributed by atoms with E-state index in [-0.39, 0.29) is 11.7 Å². The number of rotatable bonds is 3. The number of phenols is 1. The maximum atomic E-state index is 11.4. The van der Waals surface area contributed by atoms with E-state index in [0.29, 0.717) is 16.1 Å². The average Bonchev–Trinajstić information content (AvgIpc) is 2.40. The first-order valence-corrected chi connectivity index (χ1v) is 7.76. The second-order valence-corrected chi connectivity index (χ2v) is 6.61. The van der Waals surface area contributed by atoms with Gasteiger partial charge in [0.25, 0.3) is 0 Å². The van der Waals surface area contributed by atoms with E-state index in [9.17, 15) is 13.5 Å². The molecule has 1 aromatic heterocycles. The maximum absolute atomic E-state index is 11.4. The van der Waals surface area contributed by atoms with Crippen LogP contribution in [0.3, 0.4) is 0 Å². The molecule has 0 bridgehead atoms.